The molecule has 1 aliphatic rings. The van der Waals surface area contributed by atoms with Gasteiger partial charge in [0.1, 0.15) is 5.60 Å². The van der Waals surface area contributed by atoms with Gasteiger partial charge in [-0.25, -0.2) is 9.78 Å². The zero-order chi connectivity index (χ0) is 13.3. The Kier molecular flexibility index (Phi) is 3.74. The molecule has 0 N–H and O–H groups in total. The Hall–Kier alpha value is -1.20. The van der Waals surface area contributed by atoms with E-state index in [9.17, 15) is 9.59 Å². The van der Waals surface area contributed by atoms with E-state index in [1.165, 1.54) is 12.2 Å². The van der Waals surface area contributed by atoms with Gasteiger partial charge in [0.2, 0.25) is 0 Å². The molecule has 0 spiro atoms. The molecule has 96 valence electrons. The zero-order valence-electron chi connectivity index (χ0n) is 10.9. The lowest BCUT2D eigenvalue weighted by Crippen LogP contribution is -2.44. The van der Waals surface area contributed by atoms with Crippen molar-refractivity contribution in [3.8, 4) is 0 Å². The van der Waals surface area contributed by atoms with E-state index in [1.54, 1.807) is 13.8 Å². The first kappa shape index (κ1) is 13.9. The van der Waals surface area contributed by atoms with E-state index in [2.05, 4.69) is 0 Å². The van der Waals surface area contributed by atoms with Crippen molar-refractivity contribution in [2.24, 2.45) is 0 Å². The van der Waals surface area contributed by atoms with E-state index in [1.807, 2.05) is 20.8 Å². The number of carbonyl (C=O) groups is 2. The second kappa shape index (κ2) is 4.58. The molecule has 2 amide bonds. The van der Waals surface area contributed by atoms with Gasteiger partial charge >= 0.3 is 0 Å². The lowest BCUT2D eigenvalue weighted by atomic mass is 10.1. The third-order valence-electron chi connectivity index (χ3n) is 1.96. The Morgan fingerprint density at radius 1 is 1.00 bits per heavy atom. The molecule has 0 bridgehead atoms. The molecule has 0 unspecified atom stereocenters. The zero-order valence-corrected chi connectivity index (χ0v) is 10.9. The fourth-order valence-electron chi connectivity index (χ4n) is 1.23. The Bertz CT molecular complexity index is 334. The minimum absolute atomic E-state index is 0.160. The molecular weight excluding hydrogens is 222 g/mol. The summed E-state index contributed by atoms with van der Waals surface area (Å²) < 4.78 is 0. The summed E-state index contributed by atoms with van der Waals surface area (Å²) in [7, 11) is 0. The summed E-state index contributed by atoms with van der Waals surface area (Å²) in [4.78, 5) is 34.4. The Balaban J connectivity index is 2.55. The van der Waals surface area contributed by atoms with Crippen LogP contribution in [0.2, 0.25) is 0 Å². The summed E-state index contributed by atoms with van der Waals surface area (Å²) in [6, 6.07) is 0. The van der Waals surface area contributed by atoms with Crippen molar-refractivity contribution < 1.29 is 19.4 Å². The molecule has 5 heteroatoms. The average Bonchev–Trinajstić information content (AvgIpc) is 2.45. The minimum Gasteiger partial charge on any atom is -0.272 e. The summed E-state index contributed by atoms with van der Waals surface area (Å²) in [5, 5.41) is 0. The molecule has 0 atom stereocenters. The first-order chi connectivity index (χ1) is 7.61. The van der Waals surface area contributed by atoms with Gasteiger partial charge in [-0.3, -0.25) is 14.5 Å². The predicted molar refractivity (Wildman–Crippen MR) is 61.9 cm³/mol. The van der Waals surface area contributed by atoms with Crippen molar-refractivity contribution in [2.45, 2.75) is 45.8 Å². The van der Waals surface area contributed by atoms with Gasteiger partial charge in [-0.2, -0.15) is 0 Å². The van der Waals surface area contributed by atoms with Gasteiger partial charge in [0.05, 0.1) is 12.1 Å². The molecule has 17 heavy (non-hydrogen) atoms. The summed E-state index contributed by atoms with van der Waals surface area (Å²) in [5.74, 6) is -0.634. The Morgan fingerprint density at radius 3 is 1.88 bits per heavy atom. The summed E-state index contributed by atoms with van der Waals surface area (Å²) in [6.45, 7) is 9.26. The van der Waals surface area contributed by atoms with Crippen LogP contribution in [0.25, 0.3) is 0 Å². The quantitative estimate of drug-likeness (QED) is 0.424. The normalized spacial score (nSPS) is 17.1. The molecule has 1 heterocycles. The number of carbonyl (C=O) groups excluding carboxylic acids is 2. The summed E-state index contributed by atoms with van der Waals surface area (Å²) >= 11 is 0. The Labute approximate surface area is 101 Å². The maximum atomic E-state index is 11.4. The maximum absolute atomic E-state index is 11.4. The van der Waals surface area contributed by atoms with Crippen LogP contribution in [0.4, 0.5) is 0 Å². The van der Waals surface area contributed by atoms with Crippen LogP contribution in [0.3, 0.4) is 0 Å². The number of rotatable bonds is 4. The van der Waals surface area contributed by atoms with Crippen molar-refractivity contribution in [2.75, 3.05) is 6.54 Å². The maximum Gasteiger partial charge on any atom is 0.253 e. The van der Waals surface area contributed by atoms with E-state index in [0.29, 0.717) is 0 Å². The molecule has 0 aromatic rings. The van der Waals surface area contributed by atoms with Crippen molar-refractivity contribution in [1.82, 2.24) is 4.90 Å². The van der Waals surface area contributed by atoms with Crippen LogP contribution < -0.4 is 0 Å². The van der Waals surface area contributed by atoms with E-state index < -0.39 is 11.2 Å². The van der Waals surface area contributed by atoms with E-state index >= 15 is 0 Å². The molecule has 0 aromatic carbocycles. The van der Waals surface area contributed by atoms with Crippen LogP contribution in [0.1, 0.15) is 34.6 Å². The standard InChI is InChI=1S/C12H19NO4/c1-11(2,3)16-17-12(4,5)8-13-9(14)6-7-10(13)15/h6-7H,8H2,1-5H3. The fourth-order valence-corrected chi connectivity index (χ4v) is 1.23. The molecule has 0 saturated heterocycles. The number of amides is 2. The van der Waals surface area contributed by atoms with Crippen LogP contribution in [0.5, 0.6) is 0 Å². The molecule has 5 nitrogen and oxygen atoms in total. The third-order valence-corrected chi connectivity index (χ3v) is 1.96. The monoisotopic (exact) mass is 241 g/mol. The molecule has 0 fully saturated rings. The van der Waals surface area contributed by atoms with Crippen molar-refractivity contribution in [1.29, 1.82) is 0 Å². The largest absolute Gasteiger partial charge is 0.272 e. The molecule has 1 aliphatic heterocycles. The van der Waals surface area contributed by atoms with Crippen LogP contribution in [-0.4, -0.2) is 34.5 Å². The second-order valence-corrected chi connectivity index (χ2v) is 5.63. The van der Waals surface area contributed by atoms with Gasteiger partial charge in [0.15, 0.2) is 0 Å². The first-order valence-electron chi connectivity index (χ1n) is 5.51. The lowest BCUT2D eigenvalue weighted by Gasteiger charge is -2.31. The van der Waals surface area contributed by atoms with E-state index in [-0.39, 0.29) is 18.4 Å². The molecule has 1 rings (SSSR count). The van der Waals surface area contributed by atoms with E-state index in [4.69, 9.17) is 9.78 Å². The topological polar surface area (TPSA) is 55.8 Å². The molecule has 0 aliphatic carbocycles. The number of nitrogens with zero attached hydrogens (tertiary/aromatic N) is 1. The Morgan fingerprint density at radius 2 is 1.47 bits per heavy atom. The van der Waals surface area contributed by atoms with Crippen LogP contribution in [0, 0.1) is 0 Å². The SMILES string of the molecule is CC(C)(C)OOC(C)(C)CN1C(=O)C=CC1=O. The summed E-state index contributed by atoms with van der Waals surface area (Å²) in [6.07, 6.45) is 2.51. The highest BCUT2D eigenvalue weighted by Crippen LogP contribution is 2.19. The van der Waals surface area contributed by atoms with Gasteiger partial charge in [0.25, 0.3) is 11.8 Å². The number of imide groups is 1. The fraction of sp³-hybridized carbons (Fsp3) is 0.667. The lowest BCUT2D eigenvalue weighted by molar-refractivity contribution is -0.397. The smallest absolute Gasteiger partial charge is 0.253 e. The summed E-state index contributed by atoms with van der Waals surface area (Å²) in [5.41, 5.74) is -1.18. The molecular formula is C12H19NO4. The second-order valence-electron chi connectivity index (χ2n) is 5.63. The van der Waals surface area contributed by atoms with Crippen molar-refractivity contribution in [3.63, 3.8) is 0 Å². The van der Waals surface area contributed by atoms with Crippen LogP contribution >= 0.6 is 0 Å². The highest BCUT2D eigenvalue weighted by molar-refractivity contribution is 6.12. The van der Waals surface area contributed by atoms with Gasteiger partial charge in [-0.1, -0.05) is 0 Å². The van der Waals surface area contributed by atoms with Gasteiger partial charge in [0, 0.05) is 12.2 Å². The van der Waals surface area contributed by atoms with Crippen molar-refractivity contribution >= 4 is 11.8 Å². The third kappa shape index (κ3) is 4.28. The molecule has 0 saturated carbocycles. The van der Waals surface area contributed by atoms with Gasteiger partial charge in [-0.05, 0) is 34.6 Å². The van der Waals surface area contributed by atoms with Crippen LogP contribution in [-0.2, 0) is 19.4 Å². The first-order valence-corrected chi connectivity index (χ1v) is 5.51. The molecule has 0 radical (unpaired) electrons. The van der Waals surface area contributed by atoms with Crippen LogP contribution in [0.15, 0.2) is 12.2 Å². The van der Waals surface area contributed by atoms with Crippen molar-refractivity contribution in [3.05, 3.63) is 12.2 Å². The molecule has 0 aromatic heterocycles. The highest BCUT2D eigenvalue weighted by atomic mass is 17.2. The van der Waals surface area contributed by atoms with Gasteiger partial charge in [-0.15, -0.1) is 0 Å². The average molecular weight is 241 g/mol. The number of hydrogen-bond acceptors (Lipinski definition) is 4. The minimum atomic E-state index is -0.745. The van der Waals surface area contributed by atoms with Gasteiger partial charge < -0.3 is 0 Å². The highest BCUT2D eigenvalue weighted by Gasteiger charge is 2.32. The number of hydrogen-bond donors (Lipinski definition) is 0. The predicted octanol–water partition coefficient (Wildman–Crippen LogP) is 1.44. The van der Waals surface area contributed by atoms with E-state index in [0.717, 1.165) is 4.90 Å².